The minimum atomic E-state index is 0.426. The molecule has 2 nitrogen and oxygen atoms in total. The number of hydrogen-bond donors (Lipinski definition) is 1. The molecule has 2 atom stereocenters. The van der Waals surface area contributed by atoms with Gasteiger partial charge in [0.2, 0.25) is 0 Å². The van der Waals surface area contributed by atoms with Crippen molar-refractivity contribution in [3.63, 3.8) is 0 Å². The number of nitrogens with one attached hydrogen (secondary N) is 1. The van der Waals surface area contributed by atoms with Crippen molar-refractivity contribution in [2.45, 2.75) is 59.5 Å². The van der Waals surface area contributed by atoms with Crippen molar-refractivity contribution in [3.8, 4) is 0 Å². The number of aryl methyl sites for hydroxylation is 1. The summed E-state index contributed by atoms with van der Waals surface area (Å²) in [5, 5.41) is 3.65. The van der Waals surface area contributed by atoms with Gasteiger partial charge in [-0.1, -0.05) is 13.8 Å². The van der Waals surface area contributed by atoms with Crippen LogP contribution in [0.5, 0.6) is 0 Å². The Morgan fingerprint density at radius 1 is 1.25 bits per heavy atom. The summed E-state index contributed by atoms with van der Waals surface area (Å²) < 4.78 is 0. The van der Waals surface area contributed by atoms with Crippen LogP contribution in [0.1, 0.15) is 57.1 Å². The predicted molar refractivity (Wildman–Crippen MR) is 71.9 cm³/mol. The van der Waals surface area contributed by atoms with Crippen LogP contribution in [0.2, 0.25) is 0 Å². The number of aromatic nitrogens is 1. The summed E-state index contributed by atoms with van der Waals surface area (Å²) in [7, 11) is 0. The van der Waals surface area contributed by atoms with E-state index in [0.29, 0.717) is 12.1 Å². The highest BCUT2D eigenvalue weighted by Crippen LogP contribution is 2.22. The summed E-state index contributed by atoms with van der Waals surface area (Å²) >= 11 is 1.75. The molecule has 3 heteroatoms. The van der Waals surface area contributed by atoms with E-state index >= 15 is 0 Å². The van der Waals surface area contributed by atoms with Crippen molar-refractivity contribution in [2.75, 3.05) is 0 Å². The highest BCUT2D eigenvalue weighted by molar-refractivity contribution is 7.09. The zero-order valence-electron chi connectivity index (χ0n) is 11.1. The van der Waals surface area contributed by atoms with Gasteiger partial charge in [0, 0.05) is 17.0 Å². The second-order valence-electron chi connectivity index (χ2n) is 5.06. The predicted octanol–water partition coefficient (Wildman–Crippen LogP) is 3.93. The lowest BCUT2D eigenvalue weighted by Crippen LogP contribution is -2.29. The van der Waals surface area contributed by atoms with Crippen molar-refractivity contribution >= 4 is 11.3 Å². The van der Waals surface area contributed by atoms with Gasteiger partial charge in [0.1, 0.15) is 0 Å². The molecule has 0 aliphatic carbocycles. The summed E-state index contributed by atoms with van der Waals surface area (Å²) in [6, 6.07) is 1.01. The van der Waals surface area contributed by atoms with Gasteiger partial charge in [-0.15, -0.1) is 11.3 Å². The Kier molecular flexibility index (Phi) is 5.42. The molecule has 16 heavy (non-hydrogen) atoms. The summed E-state index contributed by atoms with van der Waals surface area (Å²) in [5.74, 6) is 0.796. The molecule has 0 saturated carbocycles. The summed E-state index contributed by atoms with van der Waals surface area (Å²) in [6.07, 6.45) is 2.54. The first-order valence-corrected chi connectivity index (χ1v) is 7.04. The van der Waals surface area contributed by atoms with Crippen LogP contribution >= 0.6 is 11.3 Å². The molecule has 0 aliphatic rings. The number of thiazole rings is 1. The molecule has 92 valence electrons. The third-order valence-electron chi connectivity index (χ3n) is 2.89. The van der Waals surface area contributed by atoms with Gasteiger partial charge >= 0.3 is 0 Å². The van der Waals surface area contributed by atoms with E-state index < -0.39 is 0 Å². The fourth-order valence-electron chi connectivity index (χ4n) is 1.90. The van der Waals surface area contributed by atoms with Crippen molar-refractivity contribution < 1.29 is 0 Å². The molecular formula is C13H24N2S. The van der Waals surface area contributed by atoms with E-state index in [1.165, 1.54) is 23.4 Å². The molecule has 0 amide bonds. The van der Waals surface area contributed by atoms with Crippen LogP contribution < -0.4 is 5.32 Å². The summed E-state index contributed by atoms with van der Waals surface area (Å²) in [5.41, 5.74) is 3.10. The third-order valence-corrected chi connectivity index (χ3v) is 4.00. The van der Waals surface area contributed by atoms with E-state index in [1.807, 2.05) is 5.51 Å². The average Bonchev–Trinajstić information content (AvgIpc) is 2.61. The van der Waals surface area contributed by atoms with E-state index in [0.717, 1.165) is 5.92 Å². The fraction of sp³-hybridized carbons (Fsp3) is 0.769. The van der Waals surface area contributed by atoms with Crippen LogP contribution in [0, 0.1) is 12.8 Å². The lowest BCUT2D eigenvalue weighted by molar-refractivity contribution is 0.419. The van der Waals surface area contributed by atoms with Crippen LogP contribution in [0.15, 0.2) is 5.51 Å². The first kappa shape index (κ1) is 13.7. The first-order chi connectivity index (χ1) is 7.50. The second kappa shape index (κ2) is 6.36. The fourth-order valence-corrected chi connectivity index (χ4v) is 2.72. The maximum absolute atomic E-state index is 4.30. The van der Waals surface area contributed by atoms with Gasteiger partial charge in [0.05, 0.1) is 11.2 Å². The minimum absolute atomic E-state index is 0.426. The molecule has 1 N–H and O–H groups in total. The Balaban J connectivity index is 2.39. The summed E-state index contributed by atoms with van der Waals surface area (Å²) in [6.45, 7) is 11.2. The van der Waals surface area contributed by atoms with Crippen LogP contribution in [-0.2, 0) is 0 Å². The molecular weight excluding hydrogens is 216 g/mol. The molecule has 1 heterocycles. The van der Waals surface area contributed by atoms with Gasteiger partial charge in [-0.05, 0) is 39.5 Å². The Hall–Kier alpha value is -0.410. The Morgan fingerprint density at radius 3 is 2.44 bits per heavy atom. The Bertz CT molecular complexity index is 307. The van der Waals surface area contributed by atoms with Crippen molar-refractivity contribution in [3.05, 3.63) is 16.1 Å². The zero-order chi connectivity index (χ0) is 12.1. The zero-order valence-corrected chi connectivity index (χ0v) is 11.9. The minimum Gasteiger partial charge on any atom is -0.307 e. The molecule has 1 aromatic rings. The quantitative estimate of drug-likeness (QED) is 0.815. The van der Waals surface area contributed by atoms with E-state index in [1.54, 1.807) is 11.3 Å². The molecule has 0 aliphatic heterocycles. The van der Waals surface area contributed by atoms with Crippen LogP contribution in [-0.4, -0.2) is 11.0 Å². The normalized spacial score (nSPS) is 15.4. The van der Waals surface area contributed by atoms with E-state index in [9.17, 15) is 0 Å². The lowest BCUT2D eigenvalue weighted by atomic mass is 10.0. The molecule has 0 radical (unpaired) electrons. The van der Waals surface area contributed by atoms with Crippen molar-refractivity contribution in [2.24, 2.45) is 5.92 Å². The lowest BCUT2D eigenvalue weighted by Gasteiger charge is -2.20. The topological polar surface area (TPSA) is 24.9 Å². The van der Waals surface area contributed by atoms with Crippen molar-refractivity contribution in [1.82, 2.24) is 10.3 Å². The molecule has 0 bridgehead atoms. The van der Waals surface area contributed by atoms with Gasteiger partial charge < -0.3 is 5.32 Å². The van der Waals surface area contributed by atoms with Crippen LogP contribution in [0.4, 0.5) is 0 Å². The van der Waals surface area contributed by atoms with Gasteiger partial charge in [0.15, 0.2) is 0 Å². The molecule has 1 aromatic heterocycles. The van der Waals surface area contributed by atoms with Gasteiger partial charge in [-0.3, -0.25) is 0 Å². The Labute approximate surface area is 103 Å². The molecule has 0 spiro atoms. The number of rotatable bonds is 6. The van der Waals surface area contributed by atoms with E-state index in [2.05, 4.69) is 44.9 Å². The van der Waals surface area contributed by atoms with Crippen LogP contribution in [0.3, 0.4) is 0 Å². The van der Waals surface area contributed by atoms with Crippen LogP contribution in [0.25, 0.3) is 0 Å². The Morgan fingerprint density at radius 2 is 1.94 bits per heavy atom. The van der Waals surface area contributed by atoms with Gasteiger partial charge in [0.25, 0.3) is 0 Å². The molecule has 0 fully saturated rings. The second-order valence-corrected chi connectivity index (χ2v) is 5.95. The van der Waals surface area contributed by atoms with Gasteiger partial charge in [-0.25, -0.2) is 4.98 Å². The number of hydrogen-bond acceptors (Lipinski definition) is 3. The maximum Gasteiger partial charge on any atom is 0.0798 e. The molecule has 2 unspecified atom stereocenters. The molecule has 0 aromatic carbocycles. The number of nitrogens with zero attached hydrogens (tertiary/aromatic N) is 1. The highest BCUT2D eigenvalue weighted by Gasteiger charge is 2.13. The summed E-state index contributed by atoms with van der Waals surface area (Å²) in [4.78, 5) is 5.67. The van der Waals surface area contributed by atoms with E-state index in [-0.39, 0.29) is 0 Å². The van der Waals surface area contributed by atoms with Crippen molar-refractivity contribution in [1.29, 1.82) is 0 Å². The van der Waals surface area contributed by atoms with Gasteiger partial charge in [-0.2, -0.15) is 0 Å². The average molecular weight is 240 g/mol. The monoisotopic (exact) mass is 240 g/mol. The highest BCUT2D eigenvalue weighted by atomic mass is 32.1. The van der Waals surface area contributed by atoms with E-state index in [4.69, 9.17) is 0 Å². The first-order valence-electron chi connectivity index (χ1n) is 6.16. The molecule has 1 rings (SSSR count). The standard InChI is InChI=1S/C13H24N2S/c1-9(2)6-7-10(3)15-12(5)13-11(4)14-8-16-13/h8-10,12,15H,6-7H2,1-5H3. The largest absolute Gasteiger partial charge is 0.307 e. The smallest absolute Gasteiger partial charge is 0.0798 e. The molecule has 0 saturated heterocycles. The maximum atomic E-state index is 4.30. The SMILES string of the molecule is Cc1ncsc1C(C)NC(C)CCC(C)C. The third kappa shape index (κ3) is 4.22.